The maximum absolute atomic E-state index is 4.73. The largest absolute Gasteiger partial charge is 0.174 e. The third-order valence-electron chi connectivity index (χ3n) is 2.67. The molecule has 1 saturated carbocycles. The maximum atomic E-state index is 4.73. The molecule has 0 aromatic rings. The minimum atomic E-state index is 0.263. The highest BCUT2D eigenvalue weighted by atomic mass is 32.1. The number of hydrogen-bond acceptors (Lipinski definition) is 2. The first kappa shape index (κ1) is 9.79. The lowest BCUT2D eigenvalue weighted by molar-refractivity contribution is 0.541. The highest BCUT2D eigenvalue weighted by Gasteiger charge is 2.36. The molecule has 0 aromatic carbocycles. The van der Waals surface area contributed by atoms with E-state index in [1.165, 1.54) is 38.5 Å². The smallest absolute Gasteiger partial charge is 0.0246 e. The van der Waals surface area contributed by atoms with Crippen LogP contribution in [0.1, 0.15) is 45.4 Å². The SMILES string of the molecule is CCCCC1(S)CCCC1S. The predicted octanol–water partition coefficient (Wildman–Crippen LogP) is 3.33. The Morgan fingerprint density at radius 2 is 2.27 bits per heavy atom. The molecule has 0 amide bonds. The van der Waals surface area contributed by atoms with Gasteiger partial charge in [-0.05, 0) is 19.3 Å². The van der Waals surface area contributed by atoms with Gasteiger partial charge < -0.3 is 0 Å². The normalized spacial score (nSPS) is 37.9. The van der Waals surface area contributed by atoms with Gasteiger partial charge >= 0.3 is 0 Å². The summed E-state index contributed by atoms with van der Waals surface area (Å²) in [4.78, 5) is 0. The number of unbranched alkanes of at least 4 members (excludes halogenated alkanes) is 1. The lowest BCUT2D eigenvalue weighted by atomic mass is 9.99. The van der Waals surface area contributed by atoms with Crippen molar-refractivity contribution in [2.45, 2.75) is 55.4 Å². The van der Waals surface area contributed by atoms with E-state index in [-0.39, 0.29) is 4.75 Å². The van der Waals surface area contributed by atoms with Crippen molar-refractivity contribution in [3.05, 3.63) is 0 Å². The van der Waals surface area contributed by atoms with Gasteiger partial charge in [-0.3, -0.25) is 0 Å². The van der Waals surface area contributed by atoms with Crippen LogP contribution >= 0.6 is 25.3 Å². The molecule has 0 heterocycles. The minimum Gasteiger partial charge on any atom is -0.174 e. The summed E-state index contributed by atoms with van der Waals surface area (Å²) in [6.07, 6.45) is 7.69. The second-order valence-corrected chi connectivity index (χ2v) is 5.13. The summed E-state index contributed by atoms with van der Waals surface area (Å²) in [5.74, 6) is 0. The summed E-state index contributed by atoms with van der Waals surface area (Å²) in [6, 6.07) is 0. The standard InChI is InChI=1S/C9H18S2/c1-2-3-6-9(11)7-4-5-8(9)10/h8,10-11H,2-7H2,1H3. The lowest BCUT2D eigenvalue weighted by Gasteiger charge is -2.27. The Labute approximate surface area is 81.0 Å². The zero-order valence-electron chi connectivity index (χ0n) is 7.21. The molecule has 1 rings (SSSR count). The quantitative estimate of drug-likeness (QED) is 0.627. The highest BCUT2D eigenvalue weighted by molar-refractivity contribution is 7.85. The molecule has 2 atom stereocenters. The van der Waals surface area contributed by atoms with Gasteiger partial charge in [-0.15, -0.1) is 0 Å². The van der Waals surface area contributed by atoms with Crippen molar-refractivity contribution in [1.82, 2.24) is 0 Å². The Hall–Kier alpha value is 0.700. The summed E-state index contributed by atoms with van der Waals surface area (Å²) in [7, 11) is 0. The zero-order valence-corrected chi connectivity index (χ0v) is 9.00. The molecule has 0 nitrogen and oxygen atoms in total. The molecule has 0 bridgehead atoms. The van der Waals surface area contributed by atoms with Gasteiger partial charge in [0, 0.05) is 10.00 Å². The molecule has 2 heteroatoms. The van der Waals surface area contributed by atoms with E-state index in [9.17, 15) is 0 Å². The molecule has 1 fully saturated rings. The Morgan fingerprint density at radius 1 is 1.55 bits per heavy atom. The molecule has 66 valence electrons. The van der Waals surface area contributed by atoms with E-state index in [2.05, 4.69) is 19.6 Å². The van der Waals surface area contributed by atoms with Gasteiger partial charge in [0.15, 0.2) is 0 Å². The van der Waals surface area contributed by atoms with Crippen LogP contribution < -0.4 is 0 Å². The summed E-state index contributed by atoms with van der Waals surface area (Å²) < 4.78 is 0.263. The van der Waals surface area contributed by atoms with E-state index in [0.29, 0.717) is 5.25 Å². The van der Waals surface area contributed by atoms with E-state index in [1.807, 2.05) is 0 Å². The summed E-state index contributed by atoms with van der Waals surface area (Å²) in [5, 5.41) is 0.539. The first-order chi connectivity index (χ1) is 5.19. The van der Waals surface area contributed by atoms with Gasteiger partial charge in [0.2, 0.25) is 0 Å². The topological polar surface area (TPSA) is 0 Å². The van der Waals surface area contributed by atoms with E-state index in [4.69, 9.17) is 12.6 Å². The Balaban J connectivity index is 2.38. The van der Waals surface area contributed by atoms with Gasteiger partial charge in [0.25, 0.3) is 0 Å². The average molecular weight is 190 g/mol. The molecule has 0 N–H and O–H groups in total. The minimum absolute atomic E-state index is 0.263. The fourth-order valence-corrected chi connectivity index (χ4v) is 2.70. The predicted molar refractivity (Wildman–Crippen MR) is 57.9 cm³/mol. The van der Waals surface area contributed by atoms with Gasteiger partial charge in [-0.2, -0.15) is 25.3 Å². The van der Waals surface area contributed by atoms with Gasteiger partial charge in [-0.25, -0.2) is 0 Å². The molecular formula is C9H18S2. The fourth-order valence-electron chi connectivity index (χ4n) is 1.81. The monoisotopic (exact) mass is 190 g/mol. The molecular weight excluding hydrogens is 172 g/mol. The van der Waals surface area contributed by atoms with Crippen molar-refractivity contribution in [2.24, 2.45) is 0 Å². The second kappa shape index (κ2) is 4.08. The molecule has 0 radical (unpaired) electrons. The Bertz CT molecular complexity index is 125. The third kappa shape index (κ3) is 2.32. The number of thiol groups is 2. The Morgan fingerprint density at radius 3 is 2.73 bits per heavy atom. The molecule has 0 aromatic heterocycles. The average Bonchev–Trinajstić information content (AvgIpc) is 2.30. The van der Waals surface area contributed by atoms with Crippen molar-refractivity contribution < 1.29 is 0 Å². The van der Waals surface area contributed by atoms with Crippen LogP contribution in [0.2, 0.25) is 0 Å². The number of hydrogen-bond donors (Lipinski definition) is 2. The summed E-state index contributed by atoms with van der Waals surface area (Å²) in [6.45, 7) is 2.24. The van der Waals surface area contributed by atoms with Crippen LogP contribution in [-0.2, 0) is 0 Å². The van der Waals surface area contributed by atoms with Crippen LogP contribution in [-0.4, -0.2) is 10.00 Å². The highest BCUT2D eigenvalue weighted by Crippen LogP contribution is 2.42. The van der Waals surface area contributed by atoms with Crippen LogP contribution in [0.3, 0.4) is 0 Å². The molecule has 1 aliphatic carbocycles. The van der Waals surface area contributed by atoms with Crippen LogP contribution in [0.15, 0.2) is 0 Å². The van der Waals surface area contributed by atoms with E-state index < -0.39 is 0 Å². The molecule has 0 saturated heterocycles. The van der Waals surface area contributed by atoms with E-state index in [1.54, 1.807) is 0 Å². The van der Waals surface area contributed by atoms with Gasteiger partial charge in [-0.1, -0.05) is 26.2 Å². The fraction of sp³-hybridized carbons (Fsp3) is 1.00. The Kier molecular flexibility index (Phi) is 3.63. The molecule has 0 spiro atoms. The van der Waals surface area contributed by atoms with Crippen molar-refractivity contribution in [1.29, 1.82) is 0 Å². The second-order valence-electron chi connectivity index (χ2n) is 3.62. The van der Waals surface area contributed by atoms with Crippen molar-refractivity contribution in [3.8, 4) is 0 Å². The van der Waals surface area contributed by atoms with Gasteiger partial charge in [0.1, 0.15) is 0 Å². The maximum Gasteiger partial charge on any atom is 0.0246 e. The van der Waals surface area contributed by atoms with E-state index in [0.717, 1.165) is 0 Å². The zero-order chi connectivity index (χ0) is 8.32. The summed E-state index contributed by atoms with van der Waals surface area (Å²) in [5.41, 5.74) is 0. The molecule has 11 heavy (non-hydrogen) atoms. The van der Waals surface area contributed by atoms with Gasteiger partial charge in [0.05, 0.1) is 0 Å². The van der Waals surface area contributed by atoms with Crippen LogP contribution in [0, 0.1) is 0 Å². The molecule has 0 aliphatic heterocycles. The number of rotatable bonds is 3. The van der Waals surface area contributed by atoms with Crippen molar-refractivity contribution in [2.75, 3.05) is 0 Å². The first-order valence-corrected chi connectivity index (χ1v) is 5.56. The molecule has 2 unspecified atom stereocenters. The van der Waals surface area contributed by atoms with Crippen molar-refractivity contribution in [3.63, 3.8) is 0 Å². The van der Waals surface area contributed by atoms with E-state index >= 15 is 0 Å². The van der Waals surface area contributed by atoms with Crippen molar-refractivity contribution >= 4 is 25.3 Å². The first-order valence-electron chi connectivity index (χ1n) is 4.59. The third-order valence-corrected chi connectivity index (χ3v) is 4.39. The van der Waals surface area contributed by atoms with Crippen LogP contribution in [0.5, 0.6) is 0 Å². The summed E-state index contributed by atoms with van der Waals surface area (Å²) >= 11 is 9.30. The lowest BCUT2D eigenvalue weighted by Crippen LogP contribution is -2.27. The van der Waals surface area contributed by atoms with Crippen LogP contribution in [0.25, 0.3) is 0 Å². The molecule has 1 aliphatic rings. The van der Waals surface area contributed by atoms with Crippen LogP contribution in [0.4, 0.5) is 0 Å².